The zero-order valence-corrected chi connectivity index (χ0v) is 13.6. The van der Waals surface area contributed by atoms with Gasteiger partial charge in [0, 0.05) is 35.5 Å². The zero-order chi connectivity index (χ0) is 15.1. The second kappa shape index (κ2) is 10.9. The van der Waals surface area contributed by atoms with Gasteiger partial charge in [-0.3, -0.25) is 0 Å². The average molecular weight is 392 g/mol. The maximum absolute atomic E-state index is 9.99. The van der Waals surface area contributed by atoms with Crippen LogP contribution in [0, 0.1) is 0 Å². The summed E-state index contributed by atoms with van der Waals surface area (Å²) in [6.45, 7) is 0. The van der Waals surface area contributed by atoms with Crippen LogP contribution >= 0.6 is 22.7 Å². The molecule has 0 aromatic carbocycles. The number of nitrogens with zero attached hydrogens (tertiary/aromatic N) is 2. The summed E-state index contributed by atoms with van der Waals surface area (Å²) in [6, 6.07) is 0. The van der Waals surface area contributed by atoms with Gasteiger partial charge in [0.05, 0.1) is 11.4 Å². The van der Waals surface area contributed by atoms with Crippen molar-refractivity contribution in [3.63, 3.8) is 0 Å². The van der Waals surface area contributed by atoms with Crippen molar-refractivity contribution in [3.8, 4) is 0 Å². The Hall–Kier alpha value is -1.75. The molecule has 12 heteroatoms. The number of carboxylic acid groups (broad SMARTS) is 2. The molecule has 0 amide bonds. The van der Waals surface area contributed by atoms with Crippen LogP contribution in [0.2, 0.25) is 0 Å². The fourth-order valence-electron chi connectivity index (χ4n) is 1.10. The SMILES string of the molecule is Nc1nc(CC(=O)[O-])cs1.Nc1nc(CC(=O)[O-])cs1.[Ni+2].[OH3+]. The molecule has 7 N–H and O–H groups in total. The summed E-state index contributed by atoms with van der Waals surface area (Å²) >= 11 is 2.44. The molecule has 0 spiro atoms. The topological polar surface area (TPSA) is 191 Å². The summed E-state index contributed by atoms with van der Waals surface area (Å²) in [5, 5.41) is 24.0. The first-order valence-corrected chi connectivity index (χ1v) is 6.92. The Morgan fingerprint density at radius 1 is 0.955 bits per heavy atom. The Morgan fingerprint density at radius 3 is 1.45 bits per heavy atom. The summed E-state index contributed by atoms with van der Waals surface area (Å²) in [4.78, 5) is 27.4. The van der Waals surface area contributed by atoms with Crippen molar-refractivity contribution in [2.24, 2.45) is 0 Å². The van der Waals surface area contributed by atoms with Gasteiger partial charge >= 0.3 is 16.5 Å². The van der Waals surface area contributed by atoms with Crippen LogP contribution in [0.1, 0.15) is 11.4 Å². The van der Waals surface area contributed by atoms with Gasteiger partial charge in [-0.2, -0.15) is 0 Å². The molecule has 0 atom stereocenters. The molecular weight excluding hydrogens is 379 g/mol. The van der Waals surface area contributed by atoms with E-state index in [1.807, 2.05) is 0 Å². The van der Waals surface area contributed by atoms with Gasteiger partial charge in [0.2, 0.25) is 0 Å². The summed E-state index contributed by atoms with van der Waals surface area (Å²) < 4.78 is 0. The monoisotopic (exact) mass is 391 g/mol. The molecule has 9 nitrogen and oxygen atoms in total. The molecule has 2 rings (SSSR count). The number of carbonyl (C=O) groups excluding carboxylic acids is 2. The maximum Gasteiger partial charge on any atom is 2.00 e. The van der Waals surface area contributed by atoms with E-state index in [1.165, 1.54) is 22.7 Å². The fraction of sp³-hybridized carbons (Fsp3) is 0.200. The van der Waals surface area contributed by atoms with Gasteiger partial charge in [-0.05, 0) is 0 Å². The van der Waals surface area contributed by atoms with E-state index >= 15 is 0 Å². The van der Waals surface area contributed by atoms with Gasteiger partial charge in [-0.1, -0.05) is 0 Å². The van der Waals surface area contributed by atoms with Crippen molar-refractivity contribution >= 4 is 44.9 Å². The molecule has 0 saturated heterocycles. The summed E-state index contributed by atoms with van der Waals surface area (Å²) in [7, 11) is 0. The van der Waals surface area contributed by atoms with E-state index in [9.17, 15) is 19.8 Å². The predicted octanol–water partition coefficient (Wildman–Crippen LogP) is -2.89. The summed E-state index contributed by atoms with van der Waals surface area (Å²) in [6.07, 6.45) is -0.318. The molecule has 0 unspecified atom stereocenters. The second-order valence-corrected chi connectivity index (χ2v) is 5.23. The molecule has 2 aromatic heterocycles. The molecule has 0 aliphatic rings. The third-order valence-electron chi connectivity index (χ3n) is 1.79. The van der Waals surface area contributed by atoms with Gasteiger partial charge in [-0.25, -0.2) is 9.97 Å². The number of anilines is 2. The largest absolute Gasteiger partial charge is 2.00 e. The number of thiazole rings is 2. The first kappa shape index (κ1) is 22.5. The van der Waals surface area contributed by atoms with Gasteiger partial charge < -0.3 is 36.7 Å². The van der Waals surface area contributed by atoms with Crippen LogP contribution in [0.3, 0.4) is 0 Å². The molecule has 0 radical (unpaired) electrons. The number of nitrogen functional groups attached to an aromatic ring is 2. The number of carbonyl (C=O) groups is 2. The van der Waals surface area contributed by atoms with Gasteiger partial charge in [-0.15, -0.1) is 22.7 Å². The molecule has 2 aromatic rings. The first-order valence-electron chi connectivity index (χ1n) is 5.16. The molecule has 0 bridgehead atoms. The molecule has 0 aliphatic carbocycles. The summed E-state index contributed by atoms with van der Waals surface area (Å²) in [5.41, 5.74) is 11.4. The standard InChI is InChI=1S/2C5H6N2O2S.Ni.H2O/c2*6-5-7-3(2-10-5)1-4(8)9;;/h2*2H,1H2,(H2,6,7)(H,8,9);;1H2/q;;+2;/p-1. The van der Waals surface area contributed by atoms with Crippen molar-refractivity contribution in [1.82, 2.24) is 9.97 Å². The van der Waals surface area contributed by atoms with Crippen LogP contribution in [-0.4, -0.2) is 21.9 Å². The smallest absolute Gasteiger partial charge is 0.550 e. The van der Waals surface area contributed by atoms with Gasteiger partial charge in [0.1, 0.15) is 0 Å². The molecule has 0 aliphatic heterocycles. The van der Waals surface area contributed by atoms with E-state index in [2.05, 4.69) is 9.97 Å². The normalized spacial score (nSPS) is 8.73. The third kappa shape index (κ3) is 9.24. The fourth-order valence-corrected chi connectivity index (χ4v) is 2.23. The van der Waals surface area contributed by atoms with Crippen LogP contribution in [0.25, 0.3) is 0 Å². The van der Waals surface area contributed by atoms with Crippen molar-refractivity contribution in [1.29, 1.82) is 0 Å². The number of rotatable bonds is 4. The van der Waals surface area contributed by atoms with Crippen LogP contribution < -0.4 is 21.7 Å². The number of aliphatic carboxylic acids is 2. The Balaban J connectivity index is 0. The maximum atomic E-state index is 9.99. The first-order chi connectivity index (χ1) is 9.36. The minimum absolute atomic E-state index is 0. The molecule has 2 heterocycles. The number of hydrogen-bond donors (Lipinski definition) is 2. The number of hydrogen-bond acceptors (Lipinski definition) is 10. The zero-order valence-electron chi connectivity index (χ0n) is 11.0. The Morgan fingerprint density at radius 2 is 1.27 bits per heavy atom. The van der Waals surface area contributed by atoms with E-state index in [0.717, 1.165) is 0 Å². The van der Waals surface area contributed by atoms with Crippen molar-refractivity contribution in [2.75, 3.05) is 11.5 Å². The average Bonchev–Trinajstić information content (AvgIpc) is 2.87. The van der Waals surface area contributed by atoms with Crippen LogP contribution in [0.15, 0.2) is 10.8 Å². The van der Waals surface area contributed by atoms with E-state index in [-0.39, 0.29) is 34.8 Å². The van der Waals surface area contributed by atoms with Crippen LogP contribution in [-0.2, 0) is 44.4 Å². The van der Waals surface area contributed by atoms with Gasteiger partial charge in [0.25, 0.3) is 0 Å². The van der Waals surface area contributed by atoms with E-state index < -0.39 is 11.9 Å². The second-order valence-electron chi connectivity index (χ2n) is 3.45. The van der Waals surface area contributed by atoms with E-state index in [1.54, 1.807) is 10.8 Å². The number of nitrogens with two attached hydrogens (primary N) is 2. The van der Waals surface area contributed by atoms with Crippen molar-refractivity contribution in [3.05, 3.63) is 22.1 Å². The minimum Gasteiger partial charge on any atom is -0.550 e. The van der Waals surface area contributed by atoms with Crippen LogP contribution in [0.5, 0.6) is 0 Å². The van der Waals surface area contributed by atoms with Crippen molar-refractivity contribution < 1.29 is 41.8 Å². The quantitative estimate of drug-likeness (QED) is 0.409. The van der Waals surface area contributed by atoms with Crippen molar-refractivity contribution in [2.45, 2.75) is 12.8 Å². The van der Waals surface area contributed by atoms with E-state index in [0.29, 0.717) is 21.7 Å². The Bertz CT molecular complexity index is 551. The number of aromatic nitrogens is 2. The number of carboxylic acids is 2. The predicted molar refractivity (Wildman–Crippen MR) is 75.3 cm³/mol. The summed E-state index contributed by atoms with van der Waals surface area (Å²) in [5.74, 6) is -2.27. The van der Waals surface area contributed by atoms with Crippen LogP contribution in [0.4, 0.5) is 10.3 Å². The Labute approximate surface area is 143 Å². The Kier molecular flexibility index (Phi) is 11.2. The minimum atomic E-state index is -1.13. The molecule has 0 saturated carbocycles. The van der Waals surface area contributed by atoms with E-state index in [4.69, 9.17) is 11.5 Å². The third-order valence-corrected chi connectivity index (χ3v) is 3.24. The molecular formula is C10H13N4NiO5S2+. The van der Waals surface area contributed by atoms with Gasteiger partial charge in [0.15, 0.2) is 10.3 Å². The molecule has 22 heavy (non-hydrogen) atoms. The molecule has 124 valence electrons. The molecule has 0 fully saturated rings.